The van der Waals surface area contributed by atoms with Crippen LogP contribution in [0.2, 0.25) is 0 Å². The molecule has 0 saturated carbocycles. The second-order valence-corrected chi connectivity index (χ2v) is 5.44. The first-order valence-electron chi connectivity index (χ1n) is 5.60. The molecular weight excluding hydrogens is 423 g/mol. The van der Waals surface area contributed by atoms with Crippen LogP contribution in [0.4, 0.5) is 13.2 Å². The molecule has 0 saturated heterocycles. The Morgan fingerprint density at radius 2 is 1.86 bits per heavy atom. The Morgan fingerprint density at radius 1 is 1.33 bits per heavy atom. The Kier molecular flexibility index (Phi) is 8.91. The number of likely N-dealkylation sites (N-methyl/N-ethyl adjacent to an activating group) is 1. The van der Waals surface area contributed by atoms with Crippen LogP contribution in [0.15, 0.2) is 21.1 Å². The lowest BCUT2D eigenvalue weighted by Crippen LogP contribution is -2.21. The van der Waals surface area contributed by atoms with Gasteiger partial charge in [-0.3, -0.25) is 0 Å². The fourth-order valence-corrected chi connectivity index (χ4v) is 2.53. The number of rotatable bonds is 4. The molecule has 0 aliphatic carbocycles. The molecule has 21 heavy (non-hydrogen) atoms. The van der Waals surface area contributed by atoms with E-state index in [1.807, 2.05) is 19.2 Å². The minimum Gasteiger partial charge on any atom is -0.496 e. The van der Waals surface area contributed by atoms with E-state index in [4.69, 9.17) is 14.6 Å². The smallest absolute Gasteiger partial charge is 0.490 e. The maximum absolute atomic E-state index is 10.6. The number of ether oxygens (including phenoxy) is 1. The fourth-order valence-electron chi connectivity index (χ4n) is 1.18. The highest BCUT2D eigenvalue weighted by Crippen LogP contribution is 2.31. The molecule has 1 rings (SSSR count). The van der Waals surface area contributed by atoms with Crippen LogP contribution in [-0.4, -0.2) is 38.0 Å². The topological polar surface area (TPSA) is 58.6 Å². The third-order valence-corrected chi connectivity index (χ3v) is 3.57. The third kappa shape index (κ3) is 7.68. The zero-order valence-corrected chi connectivity index (χ0v) is 14.4. The summed E-state index contributed by atoms with van der Waals surface area (Å²) in [5, 5.41) is 10.2. The summed E-state index contributed by atoms with van der Waals surface area (Å²) in [5.41, 5.74) is 1.25. The van der Waals surface area contributed by atoms with Crippen molar-refractivity contribution in [2.45, 2.75) is 12.6 Å². The summed E-state index contributed by atoms with van der Waals surface area (Å²) in [5.74, 6) is -1.88. The van der Waals surface area contributed by atoms with Crippen molar-refractivity contribution >= 4 is 37.8 Å². The zero-order valence-electron chi connectivity index (χ0n) is 11.2. The standard InChI is InChI=1S/C10H13Br2NO.C2HF3O2/c1-13-4-3-7-5-10(14-2)9(12)6-8(7)11;3-2(4,5)1(6)7/h5-6,13H,3-4H2,1-2H3;(H,6,7). The summed E-state index contributed by atoms with van der Waals surface area (Å²) in [7, 11) is 3.62. The number of halogens is 5. The normalized spacial score (nSPS) is 10.6. The first-order chi connectivity index (χ1) is 9.63. The third-order valence-electron chi connectivity index (χ3n) is 2.21. The Morgan fingerprint density at radius 3 is 2.24 bits per heavy atom. The number of benzene rings is 1. The second kappa shape index (κ2) is 9.26. The summed E-state index contributed by atoms with van der Waals surface area (Å²) >= 11 is 6.97. The molecule has 0 amide bonds. The fraction of sp³-hybridized carbons (Fsp3) is 0.417. The van der Waals surface area contributed by atoms with Crippen molar-refractivity contribution in [1.82, 2.24) is 5.32 Å². The number of hydrogen-bond acceptors (Lipinski definition) is 3. The van der Waals surface area contributed by atoms with Gasteiger partial charge >= 0.3 is 12.1 Å². The van der Waals surface area contributed by atoms with Crippen LogP contribution in [0.3, 0.4) is 0 Å². The van der Waals surface area contributed by atoms with Crippen molar-refractivity contribution in [2.75, 3.05) is 20.7 Å². The molecule has 0 spiro atoms. The average Bonchev–Trinajstić information content (AvgIpc) is 2.37. The molecule has 0 aliphatic heterocycles. The van der Waals surface area contributed by atoms with Gasteiger partial charge in [-0.05, 0) is 53.6 Å². The molecule has 9 heteroatoms. The minimum atomic E-state index is -5.08. The largest absolute Gasteiger partial charge is 0.496 e. The van der Waals surface area contributed by atoms with E-state index < -0.39 is 12.1 Å². The lowest BCUT2D eigenvalue weighted by molar-refractivity contribution is -0.192. The molecule has 0 atom stereocenters. The van der Waals surface area contributed by atoms with Gasteiger partial charge < -0.3 is 15.2 Å². The van der Waals surface area contributed by atoms with E-state index in [1.165, 1.54) is 5.56 Å². The van der Waals surface area contributed by atoms with Gasteiger partial charge in [0.1, 0.15) is 5.75 Å². The van der Waals surface area contributed by atoms with Gasteiger partial charge in [0.2, 0.25) is 0 Å². The zero-order chi connectivity index (χ0) is 16.6. The van der Waals surface area contributed by atoms with Crippen molar-refractivity contribution in [3.63, 3.8) is 0 Å². The first-order valence-corrected chi connectivity index (χ1v) is 7.18. The summed E-state index contributed by atoms with van der Waals surface area (Å²) in [4.78, 5) is 8.90. The average molecular weight is 437 g/mol. The molecule has 0 heterocycles. The van der Waals surface area contributed by atoms with Crippen LogP contribution >= 0.6 is 31.9 Å². The molecule has 0 bridgehead atoms. The lowest BCUT2D eigenvalue weighted by Gasteiger charge is -2.09. The van der Waals surface area contributed by atoms with Crippen LogP contribution in [0.25, 0.3) is 0 Å². The molecule has 4 nitrogen and oxygen atoms in total. The number of carbonyl (C=O) groups is 1. The SMILES string of the molecule is CNCCc1cc(OC)c(Br)cc1Br.O=C(O)C(F)(F)F. The van der Waals surface area contributed by atoms with Crippen LogP contribution in [-0.2, 0) is 11.2 Å². The maximum atomic E-state index is 10.6. The number of carboxylic acids is 1. The van der Waals surface area contributed by atoms with E-state index in [0.29, 0.717) is 0 Å². The van der Waals surface area contributed by atoms with Crippen molar-refractivity contribution in [3.05, 3.63) is 26.6 Å². The minimum absolute atomic E-state index is 0.874. The van der Waals surface area contributed by atoms with Gasteiger partial charge in [0.25, 0.3) is 0 Å². The van der Waals surface area contributed by atoms with Crippen LogP contribution in [0.5, 0.6) is 5.75 Å². The van der Waals surface area contributed by atoms with Crippen molar-refractivity contribution in [1.29, 1.82) is 0 Å². The number of carboxylic acid groups (broad SMARTS) is 1. The number of hydrogen-bond donors (Lipinski definition) is 2. The summed E-state index contributed by atoms with van der Waals surface area (Å²) in [6.45, 7) is 0.962. The van der Waals surface area contributed by atoms with E-state index in [0.717, 1.165) is 27.7 Å². The summed E-state index contributed by atoms with van der Waals surface area (Å²) in [6.07, 6.45) is -4.10. The number of alkyl halides is 3. The van der Waals surface area contributed by atoms with Gasteiger partial charge in [-0.1, -0.05) is 15.9 Å². The van der Waals surface area contributed by atoms with Crippen molar-refractivity contribution in [2.24, 2.45) is 0 Å². The van der Waals surface area contributed by atoms with Gasteiger partial charge in [-0.15, -0.1) is 0 Å². The molecule has 2 N–H and O–H groups in total. The Balaban J connectivity index is 0.000000486. The van der Waals surface area contributed by atoms with Gasteiger partial charge in [0.05, 0.1) is 11.6 Å². The molecule has 0 radical (unpaired) electrons. The first kappa shape index (κ1) is 20.2. The van der Waals surface area contributed by atoms with E-state index in [1.54, 1.807) is 7.11 Å². The lowest BCUT2D eigenvalue weighted by atomic mass is 10.1. The van der Waals surface area contributed by atoms with Gasteiger partial charge in [0.15, 0.2) is 0 Å². The Labute approximate surface area is 136 Å². The molecule has 0 aliphatic rings. The van der Waals surface area contributed by atoms with E-state index in [-0.39, 0.29) is 0 Å². The van der Waals surface area contributed by atoms with Crippen molar-refractivity contribution < 1.29 is 27.8 Å². The van der Waals surface area contributed by atoms with Crippen LogP contribution in [0, 0.1) is 0 Å². The quantitative estimate of drug-likeness (QED) is 0.756. The molecular formula is C12H14Br2F3NO3. The number of aliphatic carboxylic acids is 1. The molecule has 0 aromatic heterocycles. The molecule has 1 aromatic rings. The second-order valence-electron chi connectivity index (χ2n) is 3.73. The van der Waals surface area contributed by atoms with E-state index in [2.05, 4.69) is 37.2 Å². The van der Waals surface area contributed by atoms with Gasteiger partial charge in [0, 0.05) is 4.47 Å². The number of nitrogens with one attached hydrogen (secondary N) is 1. The van der Waals surface area contributed by atoms with Gasteiger partial charge in [-0.25, -0.2) is 4.79 Å². The molecule has 0 fully saturated rings. The monoisotopic (exact) mass is 435 g/mol. The molecule has 120 valence electrons. The Hall–Kier alpha value is -0.800. The molecule has 1 aromatic carbocycles. The highest BCUT2D eigenvalue weighted by molar-refractivity contribution is 9.11. The molecule has 0 unspecified atom stereocenters. The van der Waals surface area contributed by atoms with E-state index in [9.17, 15) is 13.2 Å². The van der Waals surface area contributed by atoms with Gasteiger partial charge in [-0.2, -0.15) is 13.2 Å². The maximum Gasteiger partial charge on any atom is 0.490 e. The highest BCUT2D eigenvalue weighted by atomic mass is 79.9. The summed E-state index contributed by atoms with van der Waals surface area (Å²) in [6, 6.07) is 4.06. The van der Waals surface area contributed by atoms with Crippen LogP contribution < -0.4 is 10.1 Å². The predicted molar refractivity (Wildman–Crippen MR) is 79.7 cm³/mol. The highest BCUT2D eigenvalue weighted by Gasteiger charge is 2.38. The number of methoxy groups -OCH3 is 1. The van der Waals surface area contributed by atoms with E-state index >= 15 is 0 Å². The van der Waals surface area contributed by atoms with Crippen molar-refractivity contribution in [3.8, 4) is 5.75 Å². The Bertz CT molecular complexity index is 482. The predicted octanol–water partition coefficient (Wildman–Crippen LogP) is 3.62. The summed E-state index contributed by atoms with van der Waals surface area (Å²) < 4.78 is 39.1. The van der Waals surface area contributed by atoms with Crippen LogP contribution in [0.1, 0.15) is 5.56 Å².